The molecular weight excluding hydrogens is 226 g/mol. The van der Waals surface area contributed by atoms with Crippen LogP contribution in [0.3, 0.4) is 0 Å². The Hall–Kier alpha value is -0.700. The van der Waals surface area contributed by atoms with Gasteiger partial charge >= 0.3 is 5.97 Å². The van der Waals surface area contributed by atoms with E-state index in [1.54, 1.807) is 18.7 Å². The molecule has 0 aromatic heterocycles. The summed E-state index contributed by atoms with van der Waals surface area (Å²) in [5.74, 6) is 3.77. The first-order valence-electron chi connectivity index (χ1n) is 5.26. The van der Waals surface area contributed by atoms with E-state index in [0.29, 0.717) is 18.9 Å². The van der Waals surface area contributed by atoms with E-state index in [9.17, 15) is 9.90 Å². The molecule has 0 saturated carbocycles. The Morgan fingerprint density at radius 2 is 2.44 bits per heavy atom. The number of terminal acetylenes is 1. The molecule has 0 aliphatic heterocycles. The van der Waals surface area contributed by atoms with Gasteiger partial charge in [0, 0.05) is 18.8 Å². The molecule has 0 aromatic rings. The van der Waals surface area contributed by atoms with Gasteiger partial charge in [-0.15, -0.1) is 18.2 Å². The number of esters is 1. The molecule has 0 bridgehead atoms. The first kappa shape index (κ1) is 15.3. The smallest absolute Gasteiger partial charge is 0.308 e. The minimum atomic E-state index is -0.684. The summed E-state index contributed by atoms with van der Waals surface area (Å²) in [6.45, 7) is 3.26. The first-order chi connectivity index (χ1) is 7.70. The van der Waals surface area contributed by atoms with Crippen LogP contribution in [-0.2, 0) is 9.53 Å². The number of aliphatic hydroxyl groups is 1. The second-order valence-corrected chi connectivity index (χ2v) is 4.23. The van der Waals surface area contributed by atoms with Crippen molar-refractivity contribution < 1.29 is 14.6 Å². The predicted octanol–water partition coefficient (Wildman–Crippen LogP) is 0.256. The van der Waals surface area contributed by atoms with Crippen molar-refractivity contribution in [3.05, 3.63) is 0 Å². The highest BCUT2D eigenvalue weighted by Gasteiger charge is 2.10. The maximum absolute atomic E-state index is 11.0. The third kappa shape index (κ3) is 9.84. The van der Waals surface area contributed by atoms with Crippen molar-refractivity contribution in [3.63, 3.8) is 0 Å². The van der Waals surface area contributed by atoms with Crippen LogP contribution >= 0.6 is 11.8 Å². The molecule has 1 unspecified atom stereocenters. The van der Waals surface area contributed by atoms with Gasteiger partial charge in [0.1, 0.15) is 0 Å². The topological polar surface area (TPSA) is 58.6 Å². The molecule has 16 heavy (non-hydrogen) atoms. The van der Waals surface area contributed by atoms with Crippen molar-refractivity contribution in [1.29, 1.82) is 0 Å². The van der Waals surface area contributed by atoms with Gasteiger partial charge in [0.25, 0.3) is 0 Å². The van der Waals surface area contributed by atoms with Crippen molar-refractivity contribution >= 4 is 17.7 Å². The molecule has 1 atom stereocenters. The number of carbonyl (C=O) groups is 1. The molecule has 92 valence electrons. The van der Waals surface area contributed by atoms with Gasteiger partial charge in [-0.3, -0.25) is 4.79 Å². The number of nitrogens with one attached hydrogen (secondary N) is 1. The second-order valence-electron chi connectivity index (χ2n) is 3.12. The number of aliphatic hydroxyl groups excluding tert-OH is 1. The van der Waals surface area contributed by atoms with Gasteiger partial charge in [-0.2, -0.15) is 0 Å². The number of hydrogen-bond acceptors (Lipinski definition) is 5. The Labute approximate surface area is 101 Å². The molecule has 0 spiro atoms. The minimum absolute atomic E-state index is 0.0400. The van der Waals surface area contributed by atoms with Crippen molar-refractivity contribution in [2.75, 3.05) is 31.2 Å². The molecule has 0 amide bonds. The van der Waals surface area contributed by atoms with Gasteiger partial charge in [0.05, 0.1) is 24.9 Å². The number of carbonyl (C=O) groups excluding carboxylic acids is 1. The van der Waals surface area contributed by atoms with Crippen LogP contribution in [0.4, 0.5) is 0 Å². The highest BCUT2D eigenvalue weighted by atomic mass is 32.2. The van der Waals surface area contributed by atoms with E-state index in [1.807, 2.05) is 0 Å². The zero-order chi connectivity index (χ0) is 12.2. The lowest BCUT2D eigenvalue weighted by atomic mass is 10.2. The standard InChI is InChI=1S/C11H19NO3S/c1-3-6-16-7-5-12-9-10(13)8-11(14)15-4-2/h1,10,12-13H,4-9H2,2H3. The zero-order valence-electron chi connectivity index (χ0n) is 9.57. The SMILES string of the molecule is C#CCSCCNCC(O)CC(=O)OCC. The summed E-state index contributed by atoms with van der Waals surface area (Å²) in [6.07, 6.45) is 4.45. The van der Waals surface area contributed by atoms with E-state index in [4.69, 9.17) is 11.2 Å². The highest BCUT2D eigenvalue weighted by Crippen LogP contribution is 1.96. The second kappa shape index (κ2) is 10.8. The van der Waals surface area contributed by atoms with Gasteiger partial charge in [-0.05, 0) is 6.92 Å². The summed E-state index contributed by atoms with van der Waals surface area (Å²) in [5, 5.41) is 12.5. The van der Waals surface area contributed by atoms with Crippen LogP contribution in [0, 0.1) is 12.3 Å². The van der Waals surface area contributed by atoms with Gasteiger partial charge in [0.2, 0.25) is 0 Å². The average molecular weight is 245 g/mol. The predicted molar refractivity (Wildman–Crippen MR) is 66.3 cm³/mol. The fourth-order valence-electron chi connectivity index (χ4n) is 1.03. The summed E-state index contributed by atoms with van der Waals surface area (Å²) in [7, 11) is 0. The van der Waals surface area contributed by atoms with Crippen LogP contribution in [0.25, 0.3) is 0 Å². The maximum Gasteiger partial charge on any atom is 0.308 e. The van der Waals surface area contributed by atoms with E-state index in [-0.39, 0.29) is 12.4 Å². The third-order valence-electron chi connectivity index (χ3n) is 1.70. The van der Waals surface area contributed by atoms with E-state index >= 15 is 0 Å². The largest absolute Gasteiger partial charge is 0.466 e. The summed E-state index contributed by atoms with van der Waals surface area (Å²) in [4.78, 5) is 11.0. The van der Waals surface area contributed by atoms with Crippen molar-refractivity contribution in [2.24, 2.45) is 0 Å². The maximum atomic E-state index is 11.0. The molecule has 0 aromatic carbocycles. The number of ether oxygens (including phenoxy) is 1. The minimum Gasteiger partial charge on any atom is -0.466 e. The molecule has 0 aliphatic carbocycles. The van der Waals surface area contributed by atoms with Gasteiger partial charge < -0.3 is 15.2 Å². The first-order valence-corrected chi connectivity index (χ1v) is 6.41. The number of thioether (sulfide) groups is 1. The van der Waals surface area contributed by atoms with E-state index in [1.165, 1.54) is 0 Å². The van der Waals surface area contributed by atoms with Crippen LogP contribution in [0.15, 0.2) is 0 Å². The van der Waals surface area contributed by atoms with Crippen molar-refractivity contribution in [2.45, 2.75) is 19.4 Å². The molecule has 4 nitrogen and oxygen atoms in total. The van der Waals surface area contributed by atoms with Crippen LogP contribution < -0.4 is 5.32 Å². The lowest BCUT2D eigenvalue weighted by molar-refractivity contribution is -0.145. The van der Waals surface area contributed by atoms with Crippen LogP contribution in [0.5, 0.6) is 0 Å². The van der Waals surface area contributed by atoms with Crippen LogP contribution in [0.1, 0.15) is 13.3 Å². The fourth-order valence-corrected chi connectivity index (χ4v) is 1.58. The summed E-state index contributed by atoms with van der Waals surface area (Å²) in [6, 6.07) is 0. The molecule has 2 N–H and O–H groups in total. The summed E-state index contributed by atoms with van der Waals surface area (Å²) < 4.78 is 4.72. The van der Waals surface area contributed by atoms with Crippen molar-refractivity contribution in [1.82, 2.24) is 5.32 Å². The van der Waals surface area contributed by atoms with Crippen LogP contribution in [-0.4, -0.2) is 48.4 Å². The van der Waals surface area contributed by atoms with Gasteiger partial charge in [-0.25, -0.2) is 0 Å². The van der Waals surface area contributed by atoms with Gasteiger partial charge in [0.15, 0.2) is 0 Å². The quantitative estimate of drug-likeness (QED) is 0.346. The zero-order valence-corrected chi connectivity index (χ0v) is 10.4. The molecular formula is C11H19NO3S. The Morgan fingerprint density at radius 3 is 3.06 bits per heavy atom. The molecule has 0 fully saturated rings. The Bertz CT molecular complexity index is 228. The summed E-state index contributed by atoms with van der Waals surface area (Å²) >= 11 is 1.66. The number of hydrogen-bond donors (Lipinski definition) is 2. The Balaban J connectivity index is 3.33. The Kier molecular flexibility index (Phi) is 10.3. The summed E-state index contributed by atoms with van der Waals surface area (Å²) in [5.41, 5.74) is 0. The molecule has 0 heterocycles. The molecule has 0 rings (SSSR count). The molecule has 0 radical (unpaired) electrons. The van der Waals surface area contributed by atoms with Gasteiger partial charge in [-0.1, -0.05) is 5.92 Å². The van der Waals surface area contributed by atoms with Crippen LogP contribution in [0.2, 0.25) is 0 Å². The average Bonchev–Trinajstić information content (AvgIpc) is 2.23. The lowest BCUT2D eigenvalue weighted by Gasteiger charge is -2.10. The van der Waals surface area contributed by atoms with Crippen molar-refractivity contribution in [3.8, 4) is 12.3 Å². The monoisotopic (exact) mass is 245 g/mol. The fraction of sp³-hybridized carbons (Fsp3) is 0.727. The lowest BCUT2D eigenvalue weighted by Crippen LogP contribution is -2.30. The van der Waals surface area contributed by atoms with E-state index in [0.717, 1.165) is 12.3 Å². The molecule has 0 aliphatic rings. The normalized spacial score (nSPS) is 11.8. The molecule has 0 saturated heterocycles. The van der Waals surface area contributed by atoms with E-state index < -0.39 is 6.10 Å². The number of rotatable bonds is 9. The highest BCUT2D eigenvalue weighted by molar-refractivity contribution is 7.99. The molecule has 5 heteroatoms. The third-order valence-corrected chi connectivity index (χ3v) is 2.56. The Morgan fingerprint density at radius 1 is 1.69 bits per heavy atom. The van der Waals surface area contributed by atoms with E-state index in [2.05, 4.69) is 11.2 Å².